The van der Waals surface area contributed by atoms with E-state index in [1.807, 2.05) is 13.8 Å². The Morgan fingerprint density at radius 2 is 1.62 bits per heavy atom. The van der Waals surface area contributed by atoms with Crippen molar-refractivity contribution in [3.8, 4) is 5.75 Å². The maximum atomic E-state index is 12.1. The largest absolute Gasteiger partial charge is 0.491 e. The molecule has 0 unspecified atom stereocenters. The van der Waals surface area contributed by atoms with Crippen LogP contribution in [0.15, 0.2) is 42.5 Å². The minimum atomic E-state index is -0.476. The first-order valence-electron chi connectivity index (χ1n) is 9.17. The van der Waals surface area contributed by atoms with E-state index in [1.54, 1.807) is 49.4 Å². The Morgan fingerprint density at radius 3 is 2.28 bits per heavy atom. The van der Waals surface area contributed by atoms with Crippen LogP contribution in [0.2, 0.25) is 5.02 Å². The van der Waals surface area contributed by atoms with Gasteiger partial charge in [-0.3, -0.25) is 25.2 Å². The van der Waals surface area contributed by atoms with Gasteiger partial charge >= 0.3 is 0 Å². The maximum absolute atomic E-state index is 12.1. The summed E-state index contributed by atoms with van der Waals surface area (Å²) in [5, 5.41) is 3.26. The molecular formula is C21H24ClN3O4. The Bertz CT molecular complexity index is 882. The second-order valence-corrected chi connectivity index (χ2v) is 7.06. The Kier molecular flexibility index (Phi) is 8.03. The van der Waals surface area contributed by atoms with Crippen LogP contribution in [0.3, 0.4) is 0 Å². The van der Waals surface area contributed by atoms with E-state index in [4.69, 9.17) is 16.3 Å². The van der Waals surface area contributed by atoms with Crippen LogP contribution in [0.1, 0.15) is 42.6 Å². The van der Waals surface area contributed by atoms with Crippen LogP contribution in [0, 0.1) is 6.92 Å². The Balaban J connectivity index is 1.75. The third-order valence-corrected chi connectivity index (χ3v) is 4.33. The molecule has 0 fully saturated rings. The smallest absolute Gasteiger partial charge is 0.269 e. The third kappa shape index (κ3) is 7.12. The second-order valence-electron chi connectivity index (χ2n) is 6.65. The van der Waals surface area contributed by atoms with Crippen molar-refractivity contribution in [2.75, 3.05) is 5.32 Å². The SMILES string of the molecule is Cc1c(Cl)cccc1NC(=O)CCC(=O)NNC(=O)c1ccc(OC(C)C)cc1. The summed E-state index contributed by atoms with van der Waals surface area (Å²) in [4.78, 5) is 36.0. The van der Waals surface area contributed by atoms with Crippen LogP contribution in [0.5, 0.6) is 5.75 Å². The van der Waals surface area contributed by atoms with Gasteiger partial charge < -0.3 is 10.1 Å². The van der Waals surface area contributed by atoms with E-state index >= 15 is 0 Å². The van der Waals surface area contributed by atoms with Gasteiger partial charge in [0.1, 0.15) is 5.75 Å². The molecule has 0 radical (unpaired) electrons. The molecule has 0 aromatic heterocycles. The Hall–Kier alpha value is -3.06. The summed E-state index contributed by atoms with van der Waals surface area (Å²) in [5.74, 6) is -0.608. The van der Waals surface area contributed by atoms with Crippen LogP contribution >= 0.6 is 11.6 Å². The molecule has 3 amide bonds. The molecule has 2 aromatic carbocycles. The zero-order valence-corrected chi connectivity index (χ0v) is 17.3. The van der Waals surface area contributed by atoms with Crippen molar-refractivity contribution in [3.63, 3.8) is 0 Å². The number of hydrogen-bond acceptors (Lipinski definition) is 4. The molecule has 7 nitrogen and oxygen atoms in total. The van der Waals surface area contributed by atoms with E-state index in [0.717, 1.165) is 5.56 Å². The van der Waals surface area contributed by atoms with Gasteiger partial charge in [0.05, 0.1) is 6.10 Å². The summed E-state index contributed by atoms with van der Waals surface area (Å²) < 4.78 is 5.51. The fourth-order valence-electron chi connectivity index (χ4n) is 2.40. The lowest BCUT2D eigenvalue weighted by Crippen LogP contribution is -2.41. The monoisotopic (exact) mass is 417 g/mol. The van der Waals surface area contributed by atoms with Gasteiger partial charge in [-0.15, -0.1) is 0 Å². The molecule has 3 N–H and O–H groups in total. The number of anilines is 1. The average molecular weight is 418 g/mol. The highest BCUT2D eigenvalue weighted by Crippen LogP contribution is 2.23. The molecule has 0 heterocycles. The number of nitrogens with one attached hydrogen (secondary N) is 3. The van der Waals surface area contributed by atoms with E-state index in [2.05, 4.69) is 16.2 Å². The summed E-state index contributed by atoms with van der Waals surface area (Å²) in [6.07, 6.45) is -0.0733. The number of ether oxygens (including phenoxy) is 1. The topological polar surface area (TPSA) is 96.5 Å². The molecule has 29 heavy (non-hydrogen) atoms. The number of halogens is 1. The lowest BCUT2D eigenvalue weighted by Gasteiger charge is -2.11. The van der Waals surface area contributed by atoms with Crippen molar-refractivity contribution in [1.29, 1.82) is 0 Å². The quantitative estimate of drug-likeness (QED) is 0.599. The number of carbonyl (C=O) groups is 3. The van der Waals surface area contributed by atoms with Gasteiger partial charge in [-0.1, -0.05) is 17.7 Å². The normalized spacial score (nSPS) is 10.4. The number of hydrogen-bond donors (Lipinski definition) is 3. The van der Waals surface area contributed by atoms with E-state index in [0.29, 0.717) is 22.0 Å². The van der Waals surface area contributed by atoms with Crippen molar-refractivity contribution >= 4 is 35.0 Å². The number of amides is 3. The molecule has 0 saturated heterocycles. The number of benzene rings is 2. The van der Waals surface area contributed by atoms with Crippen LogP contribution < -0.4 is 20.9 Å². The van der Waals surface area contributed by atoms with Crippen molar-refractivity contribution in [2.24, 2.45) is 0 Å². The summed E-state index contributed by atoms with van der Waals surface area (Å²) in [6.45, 7) is 5.61. The van der Waals surface area contributed by atoms with E-state index in [-0.39, 0.29) is 24.9 Å². The maximum Gasteiger partial charge on any atom is 0.269 e. The second kappa shape index (κ2) is 10.5. The molecule has 154 valence electrons. The average Bonchev–Trinajstić information content (AvgIpc) is 2.68. The van der Waals surface area contributed by atoms with Gasteiger partial charge in [-0.25, -0.2) is 0 Å². The number of rotatable bonds is 7. The first-order chi connectivity index (χ1) is 13.8. The third-order valence-electron chi connectivity index (χ3n) is 3.92. The fraction of sp³-hybridized carbons (Fsp3) is 0.286. The highest BCUT2D eigenvalue weighted by atomic mass is 35.5. The van der Waals surface area contributed by atoms with Gasteiger partial charge in [0.15, 0.2) is 0 Å². The number of carbonyl (C=O) groups excluding carboxylic acids is 3. The molecule has 0 saturated carbocycles. The molecule has 0 bridgehead atoms. The predicted molar refractivity (Wildman–Crippen MR) is 112 cm³/mol. The summed E-state index contributed by atoms with van der Waals surface area (Å²) in [7, 11) is 0. The van der Waals surface area contributed by atoms with Crippen molar-refractivity contribution in [2.45, 2.75) is 39.7 Å². The number of hydrazine groups is 1. The van der Waals surface area contributed by atoms with Gasteiger partial charge in [-0.05, 0) is 62.7 Å². The molecule has 2 rings (SSSR count). The molecule has 0 aliphatic heterocycles. The lowest BCUT2D eigenvalue weighted by atomic mass is 10.2. The predicted octanol–water partition coefficient (Wildman–Crippen LogP) is 3.62. The molecule has 2 aromatic rings. The highest BCUT2D eigenvalue weighted by molar-refractivity contribution is 6.31. The highest BCUT2D eigenvalue weighted by Gasteiger charge is 2.11. The fourth-order valence-corrected chi connectivity index (χ4v) is 2.58. The Morgan fingerprint density at radius 1 is 0.966 bits per heavy atom. The van der Waals surface area contributed by atoms with Crippen LogP contribution in [0.25, 0.3) is 0 Å². The summed E-state index contributed by atoms with van der Waals surface area (Å²) >= 11 is 6.01. The Labute approximate surface area is 174 Å². The van der Waals surface area contributed by atoms with Crippen molar-refractivity contribution < 1.29 is 19.1 Å². The minimum Gasteiger partial charge on any atom is -0.491 e. The lowest BCUT2D eigenvalue weighted by molar-refractivity contribution is -0.124. The summed E-state index contributed by atoms with van der Waals surface area (Å²) in [5.41, 5.74) is 6.34. The van der Waals surface area contributed by atoms with E-state index < -0.39 is 11.8 Å². The van der Waals surface area contributed by atoms with E-state index in [9.17, 15) is 14.4 Å². The van der Waals surface area contributed by atoms with Gasteiger partial charge in [0, 0.05) is 29.1 Å². The molecule has 8 heteroatoms. The zero-order chi connectivity index (χ0) is 21.4. The van der Waals surface area contributed by atoms with E-state index in [1.165, 1.54) is 0 Å². The van der Waals surface area contributed by atoms with Gasteiger partial charge in [0.2, 0.25) is 11.8 Å². The molecule has 0 aliphatic carbocycles. The van der Waals surface area contributed by atoms with Crippen LogP contribution in [0.4, 0.5) is 5.69 Å². The summed E-state index contributed by atoms with van der Waals surface area (Å²) in [6, 6.07) is 11.7. The van der Waals surface area contributed by atoms with Crippen molar-refractivity contribution in [3.05, 3.63) is 58.6 Å². The molecule has 0 aliphatic rings. The first kappa shape index (κ1) is 22.2. The van der Waals surface area contributed by atoms with Crippen LogP contribution in [-0.2, 0) is 9.59 Å². The zero-order valence-electron chi connectivity index (χ0n) is 16.5. The first-order valence-corrected chi connectivity index (χ1v) is 9.55. The molecule has 0 atom stereocenters. The molecular weight excluding hydrogens is 394 g/mol. The van der Waals surface area contributed by atoms with Gasteiger partial charge in [0.25, 0.3) is 5.91 Å². The van der Waals surface area contributed by atoms with Gasteiger partial charge in [-0.2, -0.15) is 0 Å². The minimum absolute atomic E-state index is 0.0328. The molecule has 0 spiro atoms. The van der Waals surface area contributed by atoms with Crippen LogP contribution in [-0.4, -0.2) is 23.8 Å². The van der Waals surface area contributed by atoms with Crippen molar-refractivity contribution in [1.82, 2.24) is 10.9 Å². The standard InChI is InChI=1S/C21H24ClN3O4/c1-13(2)29-16-9-7-15(8-10-16)21(28)25-24-20(27)12-11-19(26)23-18-6-4-5-17(22)14(18)3/h4-10,13H,11-12H2,1-3H3,(H,23,26)(H,24,27)(H,25,28).